The van der Waals surface area contributed by atoms with Crippen molar-refractivity contribution in [2.45, 2.75) is 43.8 Å². The summed E-state index contributed by atoms with van der Waals surface area (Å²) in [6.45, 7) is 0. The van der Waals surface area contributed by atoms with Crippen molar-refractivity contribution in [2.24, 2.45) is 5.73 Å². The Hall–Kier alpha value is -1.56. The number of rotatable bonds is 2. The van der Waals surface area contributed by atoms with E-state index in [9.17, 15) is 13.2 Å². The highest BCUT2D eigenvalue weighted by Crippen LogP contribution is 2.33. The molecule has 1 aromatic carbocycles. The third-order valence-corrected chi connectivity index (χ3v) is 3.86. The van der Waals surface area contributed by atoms with E-state index in [1.807, 2.05) is 0 Å². The average molecular weight is 284 g/mol. The van der Waals surface area contributed by atoms with Crippen molar-refractivity contribution in [3.05, 3.63) is 29.7 Å². The first kappa shape index (κ1) is 13.4. The molecule has 2 N–H and O–H groups in total. The van der Waals surface area contributed by atoms with Crippen molar-refractivity contribution in [1.29, 1.82) is 0 Å². The van der Waals surface area contributed by atoms with Crippen molar-refractivity contribution in [3.8, 4) is 0 Å². The van der Waals surface area contributed by atoms with E-state index in [0.29, 0.717) is 17.9 Å². The molecular weight excluding hydrogens is 269 g/mol. The Balaban J connectivity index is 1.90. The van der Waals surface area contributed by atoms with Crippen LogP contribution in [0.5, 0.6) is 0 Å². The first-order valence-corrected chi connectivity index (χ1v) is 6.61. The van der Waals surface area contributed by atoms with Crippen LogP contribution in [0, 0.1) is 0 Å². The Bertz CT molecular complexity index is 627. The molecule has 0 spiro atoms. The van der Waals surface area contributed by atoms with E-state index < -0.39 is 11.7 Å². The number of benzene rings is 1. The van der Waals surface area contributed by atoms with Gasteiger partial charge in [0.15, 0.2) is 11.5 Å². The highest BCUT2D eigenvalue weighted by molar-refractivity contribution is 5.73. The molecule has 0 aliphatic heterocycles. The second kappa shape index (κ2) is 4.48. The Morgan fingerprint density at radius 3 is 2.60 bits per heavy atom. The highest BCUT2D eigenvalue weighted by Gasteiger charge is 2.33. The average Bonchev–Trinajstić information content (AvgIpc) is 2.92. The number of aromatic nitrogens is 1. The SMILES string of the molecule is NC1(Cc2nc3cc(C(F)(F)F)ccc3o2)CCCC1. The molecule has 1 saturated carbocycles. The van der Waals surface area contributed by atoms with Crippen LogP contribution in [0.2, 0.25) is 0 Å². The monoisotopic (exact) mass is 284 g/mol. The molecule has 1 fully saturated rings. The second-order valence-electron chi connectivity index (χ2n) is 5.53. The molecule has 1 aliphatic rings. The fourth-order valence-electron chi connectivity index (χ4n) is 2.78. The Kier molecular flexibility index (Phi) is 3.01. The number of fused-ring (bicyclic) bond motifs is 1. The van der Waals surface area contributed by atoms with E-state index in [2.05, 4.69) is 4.98 Å². The lowest BCUT2D eigenvalue weighted by molar-refractivity contribution is -0.137. The van der Waals surface area contributed by atoms with Gasteiger partial charge in [-0.1, -0.05) is 12.8 Å². The van der Waals surface area contributed by atoms with E-state index in [0.717, 1.165) is 37.8 Å². The normalized spacial score (nSPS) is 18.8. The lowest BCUT2D eigenvalue weighted by Gasteiger charge is -2.20. The minimum Gasteiger partial charge on any atom is -0.441 e. The van der Waals surface area contributed by atoms with Crippen LogP contribution in [0.4, 0.5) is 13.2 Å². The molecule has 3 nitrogen and oxygen atoms in total. The molecule has 0 saturated heterocycles. The van der Waals surface area contributed by atoms with Crippen molar-refractivity contribution in [3.63, 3.8) is 0 Å². The van der Waals surface area contributed by atoms with Gasteiger partial charge in [0.25, 0.3) is 0 Å². The van der Waals surface area contributed by atoms with Crippen molar-refractivity contribution in [1.82, 2.24) is 4.98 Å². The number of hydrogen-bond acceptors (Lipinski definition) is 3. The fraction of sp³-hybridized carbons (Fsp3) is 0.500. The maximum atomic E-state index is 12.6. The summed E-state index contributed by atoms with van der Waals surface area (Å²) in [5, 5.41) is 0. The summed E-state index contributed by atoms with van der Waals surface area (Å²) in [5.74, 6) is 0.420. The number of nitrogens with two attached hydrogens (primary N) is 1. The first-order chi connectivity index (χ1) is 9.36. The number of nitrogens with zero attached hydrogens (tertiary/aromatic N) is 1. The van der Waals surface area contributed by atoms with Crippen LogP contribution < -0.4 is 5.73 Å². The lowest BCUT2D eigenvalue weighted by atomic mass is 9.95. The van der Waals surface area contributed by atoms with Gasteiger partial charge >= 0.3 is 6.18 Å². The zero-order valence-corrected chi connectivity index (χ0v) is 10.8. The number of hydrogen-bond donors (Lipinski definition) is 1. The molecule has 108 valence electrons. The molecule has 0 atom stereocenters. The maximum absolute atomic E-state index is 12.6. The van der Waals surface area contributed by atoms with Crippen LogP contribution in [0.25, 0.3) is 11.1 Å². The summed E-state index contributed by atoms with van der Waals surface area (Å²) in [6, 6.07) is 3.33. The molecule has 1 aromatic heterocycles. The summed E-state index contributed by atoms with van der Waals surface area (Å²) >= 11 is 0. The quantitative estimate of drug-likeness (QED) is 0.915. The zero-order valence-electron chi connectivity index (χ0n) is 10.8. The third-order valence-electron chi connectivity index (χ3n) is 3.86. The van der Waals surface area contributed by atoms with Gasteiger partial charge in [-0.3, -0.25) is 0 Å². The van der Waals surface area contributed by atoms with Gasteiger partial charge in [-0.2, -0.15) is 13.2 Å². The molecular formula is C14H15F3N2O. The van der Waals surface area contributed by atoms with E-state index in [1.54, 1.807) is 0 Å². The van der Waals surface area contributed by atoms with E-state index in [4.69, 9.17) is 10.2 Å². The van der Waals surface area contributed by atoms with Crippen LogP contribution in [0.3, 0.4) is 0 Å². The minimum atomic E-state index is -4.37. The van der Waals surface area contributed by atoms with Crippen LogP contribution in [0.1, 0.15) is 37.1 Å². The summed E-state index contributed by atoms with van der Waals surface area (Å²) < 4.78 is 43.4. The van der Waals surface area contributed by atoms with Gasteiger partial charge in [0.05, 0.1) is 5.56 Å². The van der Waals surface area contributed by atoms with Gasteiger partial charge in [-0.05, 0) is 31.0 Å². The van der Waals surface area contributed by atoms with Crippen LogP contribution >= 0.6 is 0 Å². The van der Waals surface area contributed by atoms with E-state index in [1.165, 1.54) is 6.07 Å². The molecule has 0 amide bonds. The predicted molar refractivity (Wildman–Crippen MR) is 68.1 cm³/mol. The van der Waals surface area contributed by atoms with Gasteiger partial charge in [-0.25, -0.2) is 4.98 Å². The largest absolute Gasteiger partial charge is 0.441 e. The number of oxazole rings is 1. The van der Waals surface area contributed by atoms with Gasteiger partial charge in [0.1, 0.15) is 5.52 Å². The second-order valence-corrected chi connectivity index (χ2v) is 5.53. The van der Waals surface area contributed by atoms with E-state index >= 15 is 0 Å². The van der Waals surface area contributed by atoms with Crippen molar-refractivity contribution < 1.29 is 17.6 Å². The predicted octanol–water partition coefficient (Wildman–Crippen LogP) is 3.66. The number of alkyl halides is 3. The molecule has 1 heterocycles. The van der Waals surface area contributed by atoms with E-state index in [-0.39, 0.29) is 11.1 Å². The molecule has 0 radical (unpaired) electrons. The summed E-state index contributed by atoms with van der Waals surface area (Å²) in [7, 11) is 0. The molecule has 1 aliphatic carbocycles. The van der Waals surface area contributed by atoms with Gasteiger partial charge in [0.2, 0.25) is 0 Å². The molecule has 0 bridgehead atoms. The molecule has 0 unspecified atom stereocenters. The smallest absolute Gasteiger partial charge is 0.416 e. The number of halogens is 3. The fourth-order valence-corrected chi connectivity index (χ4v) is 2.78. The van der Waals surface area contributed by atoms with Gasteiger partial charge in [-0.15, -0.1) is 0 Å². The Morgan fingerprint density at radius 2 is 1.95 bits per heavy atom. The van der Waals surface area contributed by atoms with Crippen LogP contribution in [-0.4, -0.2) is 10.5 Å². The Labute approximate surface area is 114 Å². The Morgan fingerprint density at radius 1 is 1.25 bits per heavy atom. The summed E-state index contributed by atoms with van der Waals surface area (Å²) in [5.41, 5.74) is 5.79. The highest BCUT2D eigenvalue weighted by atomic mass is 19.4. The summed E-state index contributed by atoms with van der Waals surface area (Å²) in [6.07, 6.45) is 0.0693. The lowest BCUT2D eigenvalue weighted by Crippen LogP contribution is -2.38. The minimum absolute atomic E-state index is 0.233. The van der Waals surface area contributed by atoms with Gasteiger partial charge in [0, 0.05) is 12.0 Å². The van der Waals surface area contributed by atoms with Crippen molar-refractivity contribution in [2.75, 3.05) is 0 Å². The zero-order chi connectivity index (χ0) is 14.4. The van der Waals surface area contributed by atoms with Gasteiger partial charge < -0.3 is 10.2 Å². The first-order valence-electron chi connectivity index (χ1n) is 6.61. The molecule has 3 rings (SSSR count). The standard InChI is InChI=1S/C14H15F3N2O/c15-14(16,17)9-3-4-11-10(7-9)19-12(20-11)8-13(18)5-1-2-6-13/h3-4,7H,1-2,5-6,8,18H2. The topological polar surface area (TPSA) is 52.0 Å². The molecule has 2 aromatic rings. The third kappa shape index (κ3) is 2.52. The van der Waals surface area contributed by atoms with Crippen LogP contribution in [-0.2, 0) is 12.6 Å². The summed E-state index contributed by atoms with van der Waals surface area (Å²) in [4.78, 5) is 4.15. The maximum Gasteiger partial charge on any atom is 0.416 e. The van der Waals surface area contributed by atoms with Crippen molar-refractivity contribution >= 4 is 11.1 Å². The molecule has 6 heteroatoms. The van der Waals surface area contributed by atoms with Crippen LogP contribution in [0.15, 0.2) is 22.6 Å². The molecule has 20 heavy (non-hydrogen) atoms.